The summed E-state index contributed by atoms with van der Waals surface area (Å²) in [5.74, 6) is 0. The molecule has 3 atom stereocenters. The van der Waals surface area contributed by atoms with Crippen molar-refractivity contribution in [2.45, 2.75) is 44.4 Å². The number of aryl methyl sites for hydroxylation is 1. The van der Waals surface area contributed by atoms with E-state index in [1.54, 1.807) is 6.26 Å². The van der Waals surface area contributed by atoms with Crippen molar-refractivity contribution in [2.24, 2.45) is 0 Å². The van der Waals surface area contributed by atoms with E-state index in [1.807, 2.05) is 6.92 Å². The predicted octanol–water partition coefficient (Wildman–Crippen LogP) is 1.71. The van der Waals surface area contributed by atoms with E-state index >= 15 is 0 Å². The molecule has 2 saturated heterocycles. The van der Waals surface area contributed by atoms with Crippen LogP contribution in [0.5, 0.6) is 0 Å². The fraction of sp³-hybridized carbons (Fsp3) is 0.700. The summed E-state index contributed by atoms with van der Waals surface area (Å²) in [5.41, 5.74) is 0.913. The summed E-state index contributed by atoms with van der Waals surface area (Å²) in [6, 6.07) is 1.02. The van der Waals surface area contributed by atoms with Crippen LogP contribution >= 0.6 is 0 Å². The molecule has 1 aromatic rings. The van der Waals surface area contributed by atoms with Gasteiger partial charge >= 0.3 is 0 Å². The fourth-order valence-corrected chi connectivity index (χ4v) is 2.37. The van der Waals surface area contributed by atoms with E-state index in [0.717, 1.165) is 12.1 Å². The van der Waals surface area contributed by atoms with Gasteiger partial charge in [-0.3, -0.25) is 0 Å². The molecule has 14 heavy (non-hydrogen) atoms. The lowest BCUT2D eigenvalue weighted by molar-refractivity contribution is 0.102. The zero-order valence-electron chi connectivity index (χ0n) is 8.19. The zero-order valence-corrected chi connectivity index (χ0v) is 8.19. The van der Waals surface area contributed by atoms with Crippen LogP contribution in [0.1, 0.15) is 25.0 Å². The first-order chi connectivity index (χ1) is 6.81. The van der Waals surface area contributed by atoms with E-state index in [2.05, 4.69) is 10.3 Å². The van der Waals surface area contributed by atoms with E-state index in [1.165, 1.54) is 12.8 Å². The van der Waals surface area contributed by atoms with Crippen molar-refractivity contribution < 1.29 is 9.15 Å². The highest BCUT2D eigenvalue weighted by atomic mass is 16.5. The highest BCUT2D eigenvalue weighted by Gasteiger charge is 2.41. The van der Waals surface area contributed by atoms with E-state index in [-0.39, 0.29) is 0 Å². The van der Waals surface area contributed by atoms with E-state index in [9.17, 15) is 0 Å². The Morgan fingerprint density at radius 3 is 3.00 bits per heavy atom. The number of hydrogen-bond acceptors (Lipinski definition) is 4. The second-order valence-corrected chi connectivity index (χ2v) is 4.15. The highest BCUT2D eigenvalue weighted by molar-refractivity contribution is 5.25. The molecule has 2 bridgehead atoms. The number of hydrogen-bond donors (Lipinski definition) is 1. The molecule has 0 spiro atoms. The maximum absolute atomic E-state index is 5.73. The number of nitrogens with one attached hydrogen (secondary N) is 1. The van der Waals surface area contributed by atoms with Crippen molar-refractivity contribution in [3.05, 3.63) is 12.0 Å². The highest BCUT2D eigenvalue weighted by Crippen LogP contribution is 2.35. The van der Waals surface area contributed by atoms with Gasteiger partial charge in [0.1, 0.15) is 6.26 Å². The number of oxazole rings is 1. The van der Waals surface area contributed by atoms with Gasteiger partial charge in [0.25, 0.3) is 6.01 Å². The van der Waals surface area contributed by atoms with Crippen LogP contribution < -0.4 is 5.32 Å². The molecule has 0 saturated carbocycles. The number of fused-ring (bicyclic) bond motifs is 2. The predicted molar refractivity (Wildman–Crippen MR) is 51.2 cm³/mol. The Bertz CT molecular complexity index is 337. The topological polar surface area (TPSA) is 47.3 Å². The summed E-state index contributed by atoms with van der Waals surface area (Å²) < 4.78 is 11.0. The smallest absolute Gasteiger partial charge is 0.295 e. The van der Waals surface area contributed by atoms with Crippen LogP contribution in [-0.2, 0) is 4.74 Å². The third-order valence-corrected chi connectivity index (χ3v) is 3.03. The maximum Gasteiger partial charge on any atom is 0.295 e. The van der Waals surface area contributed by atoms with Crippen molar-refractivity contribution in [1.82, 2.24) is 4.98 Å². The first-order valence-electron chi connectivity index (χ1n) is 5.15. The average Bonchev–Trinajstić information content (AvgIpc) is 2.82. The fourth-order valence-electron chi connectivity index (χ4n) is 2.37. The molecule has 76 valence electrons. The minimum atomic E-state index is 0.368. The molecule has 4 nitrogen and oxygen atoms in total. The maximum atomic E-state index is 5.73. The number of ether oxygens (including phenoxy) is 1. The van der Waals surface area contributed by atoms with Crippen LogP contribution in [-0.4, -0.2) is 23.2 Å². The van der Waals surface area contributed by atoms with E-state index in [4.69, 9.17) is 9.15 Å². The summed E-state index contributed by atoms with van der Waals surface area (Å²) >= 11 is 0. The summed E-state index contributed by atoms with van der Waals surface area (Å²) in [5, 5.41) is 3.29. The summed E-state index contributed by atoms with van der Waals surface area (Å²) in [6.07, 6.45) is 5.97. The molecule has 0 aliphatic carbocycles. The molecule has 2 fully saturated rings. The third-order valence-electron chi connectivity index (χ3n) is 3.03. The molecule has 0 aromatic carbocycles. The second-order valence-electron chi connectivity index (χ2n) is 4.15. The zero-order chi connectivity index (χ0) is 9.54. The minimum absolute atomic E-state index is 0.368. The average molecular weight is 194 g/mol. The molecular weight excluding hydrogens is 180 g/mol. The van der Waals surface area contributed by atoms with Gasteiger partial charge in [0.2, 0.25) is 0 Å². The Morgan fingerprint density at radius 1 is 1.50 bits per heavy atom. The van der Waals surface area contributed by atoms with Crippen molar-refractivity contribution in [1.29, 1.82) is 0 Å². The Morgan fingerprint density at radius 2 is 2.43 bits per heavy atom. The number of anilines is 1. The summed E-state index contributed by atoms with van der Waals surface area (Å²) in [7, 11) is 0. The van der Waals surface area contributed by atoms with Crippen LogP contribution in [0.25, 0.3) is 0 Å². The normalized spacial score (nSPS) is 35.1. The molecule has 0 radical (unpaired) electrons. The van der Waals surface area contributed by atoms with Gasteiger partial charge in [0, 0.05) is 0 Å². The van der Waals surface area contributed by atoms with Crippen LogP contribution in [0.15, 0.2) is 10.7 Å². The lowest BCUT2D eigenvalue weighted by Gasteiger charge is -2.18. The Hall–Kier alpha value is -1.03. The molecule has 1 aromatic heterocycles. The lowest BCUT2D eigenvalue weighted by Crippen LogP contribution is -2.30. The van der Waals surface area contributed by atoms with Gasteiger partial charge < -0.3 is 14.5 Å². The first kappa shape index (κ1) is 8.29. The van der Waals surface area contributed by atoms with Gasteiger partial charge in [0.15, 0.2) is 0 Å². The van der Waals surface area contributed by atoms with Gasteiger partial charge in [-0.15, -0.1) is 0 Å². The minimum Gasteiger partial charge on any atom is -0.432 e. The van der Waals surface area contributed by atoms with Gasteiger partial charge in [-0.2, -0.15) is 4.98 Å². The third kappa shape index (κ3) is 1.30. The van der Waals surface area contributed by atoms with E-state index < -0.39 is 0 Å². The first-order valence-corrected chi connectivity index (χ1v) is 5.15. The number of aromatic nitrogens is 1. The Kier molecular flexibility index (Phi) is 1.77. The van der Waals surface area contributed by atoms with Crippen LogP contribution in [0.2, 0.25) is 0 Å². The molecule has 3 unspecified atom stereocenters. The van der Waals surface area contributed by atoms with Crippen LogP contribution in [0.4, 0.5) is 6.01 Å². The van der Waals surface area contributed by atoms with Crippen molar-refractivity contribution in [3.8, 4) is 0 Å². The van der Waals surface area contributed by atoms with Crippen molar-refractivity contribution in [2.75, 3.05) is 5.32 Å². The van der Waals surface area contributed by atoms with Gasteiger partial charge in [0.05, 0.1) is 23.9 Å². The molecule has 1 N–H and O–H groups in total. The van der Waals surface area contributed by atoms with Crippen LogP contribution in [0.3, 0.4) is 0 Å². The Balaban J connectivity index is 1.68. The van der Waals surface area contributed by atoms with Gasteiger partial charge in [-0.1, -0.05) is 0 Å². The Labute approximate surface area is 82.7 Å². The number of nitrogens with zero attached hydrogens (tertiary/aromatic N) is 1. The van der Waals surface area contributed by atoms with Gasteiger partial charge in [-0.05, 0) is 26.2 Å². The van der Waals surface area contributed by atoms with Gasteiger partial charge in [-0.25, -0.2) is 0 Å². The molecule has 3 rings (SSSR count). The second kappa shape index (κ2) is 2.98. The summed E-state index contributed by atoms with van der Waals surface area (Å²) in [4.78, 5) is 4.22. The molecule has 4 heteroatoms. The largest absolute Gasteiger partial charge is 0.432 e. The molecule has 2 aliphatic rings. The molecule has 0 amide bonds. The van der Waals surface area contributed by atoms with Crippen LogP contribution in [0, 0.1) is 6.92 Å². The van der Waals surface area contributed by atoms with Crippen molar-refractivity contribution in [3.63, 3.8) is 0 Å². The van der Waals surface area contributed by atoms with Crippen molar-refractivity contribution >= 4 is 6.01 Å². The molecular formula is C10H14N2O2. The quantitative estimate of drug-likeness (QED) is 0.778. The molecule has 2 aliphatic heterocycles. The summed E-state index contributed by atoms with van der Waals surface area (Å²) in [6.45, 7) is 1.92. The standard InChI is InChI=1S/C10H14N2O2/c1-6-5-13-10(11-6)12-8-4-7-2-3-9(8)14-7/h5,7-9H,2-4H2,1H3,(H,11,12). The number of rotatable bonds is 2. The van der Waals surface area contributed by atoms with E-state index in [0.29, 0.717) is 24.3 Å². The SMILES string of the molecule is Cc1coc(NC2CC3CCC2O3)n1. The monoisotopic (exact) mass is 194 g/mol. The molecule has 3 heterocycles. The lowest BCUT2D eigenvalue weighted by atomic mass is 9.96.